The van der Waals surface area contributed by atoms with E-state index in [2.05, 4.69) is 25.3 Å². The van der Waals surface area contributed by atoms with Gasteiger partial charge in [0, 0.05) is 24.2 Å². The van der Waals surface area contributed by atoms with Gasteiger partial charge in [-0.25, -0.2) is 4.98 Å². The summed E-state index contributed by atoms with van der Waals surface area (Å²) in [6.07, 6.45) is 7.60. The second kappa shape index (κ2) is 5.43. The van der Waals surface area contributed by atoms with Gasteiger partial charge in [-0.3, -0.25) is 4.57 Å². The number of anilines is 2. The van der Waals surface area contributed by atoms with E-state index in [0.29, 0.717) is 17.1 Å². The number of rotatable bonds is 4. The van der Waals surface area contributed by atoms with Gasteiger partial charge in [-0.2, -0.15) is 26.7 Å². The largest absolute Gasteiger partial charge is 0.368 e. The molecule has 2 aromatic rings. The quantitative estimate of drug-likeness (QED) is 0.859. The predicted octanol–water partition coefficient (Wildman–Crippen LogP) is 0.947. The third-order valence-corrected chi connectivity index (χ3v) is 4.29. The summed E-state index contributed by atoms with van der Waals surface area (Å²) in [5.41, 5.74) is 5.71. The van der Waals surface area contributed by atoms with E-state index < -0.39 is 0 Å². The van der Waals surface area contributed by atoms with Gasteiger partial charge >= 0.3 is 0 Å². The van der Waals surface area contributed by atoms with Crippen LogP contribution in [-0.4, -0.2) is 42.1 Å². The molecule has 19 heavy (non-hydrogen) atoms. The fraction of sp³-hybridized carbons (Fsp3) is 0.455. The number of nitrogens with two attached hydrogens (primary N) is 1. The van der Waals surface area contributed by atoms with E-state index >= 15 is 0 Å². The Morgan fingerprint density at radius 2 is 2.37 bits per heavy atom. The minimum Gasteiger partial charge on any atom is -0.368 e. The van der Waals surface area contributed by atoms with Crippen molar-refractivity contribution in [3.8, 4) is 5.95 Å². The summed E-state index contributed by atoms with van der Waals surface area (Å²) >= 11 is 1.99. The zero-order valence-electron chi connectivity index (χ0n) is 10.4. The van der Waals surface area contributed by atoms with E-state index in [4.69, 9.17) is 5.73 Å². The van der Waals surface area contributed by atoms with Crippen LogP contribution in [0.25, 0.3) is 5.95 Å². The van der Waals surface area contributed by atoms with E-state index in [1.54, 1.807) is 23.3 Å². The molecule has 0 spiro atoms. The maximum absolute atomic E-state index is 5.71. The van der Waals surface area contributed by atoms with Crippen LogP contribution < -0.4 is 11.1 Å². The molecule has 2 aromatic heterocycles. The molecule has 1 saturated heterocycles. The number of hydrogen-bond donors (Lipinski definition) is 2. The zero-order valence-corrected chi connectivity index (χ0v) is 11.2. The van der Waals surface area contributed by atoms with E-state index in [1.165, 1.54) is 18.6 Å². The molecule has 0 saturated carbocycles. The highest BCUT2D eigenvalue weighted by atomic mass is 32.2. The highest BCUT2D eigenvalue weighted by Crippen LogP contribution is 2.25. The van der Waals surface area contributed by atoms with Gasteiger partial charge in [-0.15, -0.1) is 0 Å². The van der Waals surface area contributed by atoms with Crippen molar-refractivity contribution in [1.82, 2.24) is 24.5 Å². The zero-order chi connectivity index (χ0) is 13.1. The Labute approximate surface area is 115 Å². The summed E-state index contributed by atoms with van der Waals surface area (Å²) < 4.78 is 1.70. The lowest BCUT2D eigenvalue weighted by Gasteiger charge is -2.11. The number of aromatic nitrogens is 5. The van der Waals surface area contributed by atoms with E-state index in [9.17, 15) is 0 Å². The molecule has 0 bridgehead atoms. The van der Waals surface area contributed by atoms with E-state index in [-0.39, 0.29) is 5.95 Å². The molecule has 7 nitrogen and oxygen atoms in total. The average Bonchev–Trinajstić information content (AvgIpc) is 3.09. The normalized spacial score (nSPS) is 18.6. The molecule has 0 amide bonds. The van der Waals surface area contributed by atoms with Crippen LogP contribution in [0, 0.1) is 0 Å². The number of nitrogen functional groups attached to an aromatic ring is 1. The monoisotopic (exact) mass is 277 g/mol. The summed E-state index contributed by atoms with van der Waals surface area (Å²) in [7, 11) is 0. The molecule has 3 N–H and O–H groups in total. The van der Waals surface area contributed by atoms with Gasteiger partial charge in [0.15, 0.2) is 0 Å². The minimum absolute atomic E-state index is 0.209. The second-order valence-electron chi connectivity index (χ2n) is 4.30. The van der Waals surface area contributed by atoms with Crippen molar-refractivity contribution in [2.24, 2.45) is 0 Å². The standard InChI is InChI=1S/C11H15N7S/c12-9-15-10(14-6-8-2-1-5-19-8)17-11(16-9)18-4-3-13-7-18/h3-4,7-8H,1-2,5-6H2,(H3,12,14,15,16,17). The third-order valence-electron chi connectivity index (χ3n) is 2.89. The van der Waals surface area contributed by atoms with Crippen molar-refractivity contribution in [2.75, 3.05) is 23.3 Å². The molecule has 1 fully saturated rings. The SMILES string of the molecule is Nc1nc(NCC2CCCS2)nc(-n2ccnc2)n1. The fourth-order valence-electron chi connectivity index (χ4n) is 1.96. The highest BCUT2D eigenvalue weighted by Gasteiger charge is 2.16. The molecule has 1 aliphatic rings. The maximum Gasteiger partial charge on any atom is 0.241 e. The minimum atomic E-state index is 0.209. The third kappa shape index (κ3) is 2.95. The van der Waals surface area contributed by atoms with Crippen LogP contribution in [0.4, 0.5) is 11.9 Å². The van der Waals surface area contributed by atoms with Crippen LogP contribution in [0.15, 0.2) is 18.7 Å². The van der Waals surface area contributed by atoms with Gasteiger partial charge in [0.1, 0.15) is 6.33 Å². The van der Waals surface area contributed by atoms with Gasteiger partial charge in [0.25, 0.3) is 0 Å². The van der Waals surface area contributed by atoms with Crippen molar-refractivity contribution >= 4 is 23.7 Å². The van der Waals surface area contributed by atoms with E-state index in [1.807, 2.05) is 11.8 Å². The smallest absolute Gasteiger partial charge is 0.241 e. The topological polar surface area (TPSA) is 94.5 Å². The highest BCUT2D eigenvalue weighted by molar-refractivity contribution is 8.00. The first kappa shape index (κ1) is 12.2. The van der Waals surface area contributed by atoms with Crippen molar-refractivity contribution in [3.05, 3.63) is 18.7 Å². The molecule has 1 atom stereocenters. The molecule has 100 valence electrons. The fourth-order valence-corrected chi connectivity index (χ4v) is 3.16. The first-order valence-corrected chi connectivity index (χ1v) is 7.21. The second-order valence-corrected chi connectivity index (χ2v) is 5.71. The summed E-state index contributed by atoms with van der Waals surface area (Å²) in [5, 5.41) is 3.87. The number of nitrogens with zero attached hydrogens (tertiary/aromatic N) is 5. The lowest BCUT2D eigenvalue weighted by Crippen LogP contribution is -2.17. The molecule has 1 aliphatic heterocycles. The van der Waals surface area contributed by atoms with Crippen molar-refractivity contribution < 1.29 is 0 Å². The lowest BCUT2D eigenvalue weighted by molar-refractivity contribution is 0.797. The van der Waals surface area contributed by atoms with Crippen molar-refractivity contribution in [2.45, 2.75) is 18.1 Å². The Bertz CT molecular complexity index is 536. The molecular weight excluding hydrogens is 262 g/mol. The van der Waals surface area contributed by atoms with Crippen LogP contribution in [-0.2, 0) is 0 Å². The molecule has 3 rings (SSSR count). The van der Waals surface area contributed by atoms with Gasteiger partial charge in [-0.05, 0) is 18.6 Å². The Balaban J connectivity index is 1.74. The molecule has 0 aromatic carbocycles. The first-order chi connectivity index (χ1) is 9.31. The molecule has 1 unspecified atom stereocenters. The van der Waals surface area contributed by atoms with Crippen LogP contribution in [0.3, 0.4) is 0 Å². The maximum atomic E-state index is 5.71. The molecule has 0 radical (unpaired) electrons. The average molecular weight is 277 g/mol. The van der Waals surface area contributed by atoms with Gasteiger partial charge in [-0.1, -0.05) is 0 Å². The summed E-state index contributed by atoms with van der Waals surface area (Å²) in [4.78, 5) is 16.5. The number of hydrogen-bond acceptors (Lipinski definition) is 7. The Morgan fingerprint density at radius 3 is 3.11 bits per heavy atom. The van der Waals surface area contributed by atoms with Crippen molar-refractivity contribution in [1.29, 1.82) is 0 Å². The number of imidazole rings is 1. The van der Waals surface area contributed by atoms with Crippen LogP contribution in [0.2, 0.25) is 0 Å². The summed E-state index contributed by atoms with van der Waals surface area (Å²) in [6, 6.07) is 0. The summed E-state index contributed by atoms with van der Waals surface area (Å²) in [6.45, 7) is 0.859. The first-order valence-electron chi connectivity index (χ1n) is 6.16. The molecule has 0 aliphatic carbocycles. The van der Waals surface area contributed by atoms with Crippen LogP contribution in [0.5, 0.6) is 0 Å². The van der Waals surface area contributed by atoms with Crippen molar-refractivity contribution in [3.63, 3.8) is 0 Å². The van der Waals surface area contributed by atoms with Gasteiger partial charge in [0.2, 0.25) is 17.8 Å². The molecular formula is C11H15N7S. The van der Waals surface area contributed by atoms with Gasteiger partial charge < -0.3 is 11.1 Å². The number of nitrogens with one attached hydrogen (secondary N) is 1. The number of thioether (sulfide) groups is 1. The Hall–Kier alpha value is -1.83. The van der Waals surface area contributed by atoms with Gasteiger partial charge in [0.05, 0.1) is 0 Å². The predicted molar refractivity (Wildman–Crippen MR) is 75.3 cm³/mol. The Morgan fingerprint density at radius 1 is 1.42 bits per heavy atom. The molecule has 3 heterocycles. The molecule has 8 heteroatoms. The lowest BCUT2D eigenvalue weighted by atomic mass is 10.2. The van der Waals surface area contributed by atoms with E-state index in [0.717, 1.165) is 6.54 Å². The Kier molecular flexibility index (Phi) is 3.49. The van der Waals surface area contributed by atoms with Crippen LogP contribution in [0.1, 0.15) is 12.8 Å². The summed E-state index contributed by atoms with van der Waals surface area (Å²) in [5.74, 6) is 2.45. The van der Waals surface area contributed by atoms with Crippen LogP contribution >= 0.6 is 11.8 Å².